The average molecular weight is 387 g/mol. The van der Waals surface area contributed by atoms with Crippen molar-refractivity contribution in [1.82, 2.24) is 5.32 Å². The minimum atomic E-state index is 0.283. The van der Waals surface area contributed by atoms with Gasteiger partial charge in [-0.25, -0.2) is 0 Å². The van der Waals surface area contributed by atoms with Crippen LogP contribution in [0.3, 0.4) is 0 Å². The number of thiophene rings is 1. The molecular weight excluding hydrogens is 374 g/mol. The first kappa shape index (κ1) is 12.9. The number of rotatable bonds is 3. The summed E-state index contributed by atoms with van der Waals surface area (Å²) < 4.78 is 2.34. The van der Waals surface area contributed by atoms with Gasteiger partial charge in [0.05, 0.1) is 0 Å². The van der Waals surface area contributed by atoms with Gasteiger partial charge in [0.1, 0.15) is 0 Å². The summed E-state index contributed by atoms with van der Waals surface area (Å²) in [7, 11) is 0. The van der Waals surface area contributed by atoms with Gasteiger partial charge in [-0.3, -0.25) is 0 Å². The molecule has 1 N–H and O–H groups in total. The van der Waals surface area contributed by atoms with E-state index in [2.05, 4.69) is 72.9 Å². The second-order valence-corrected chi connectivity index (χ2v) is 7.63. The van der Waals surface area contributed by atoms with Gasteiger partial charge in [0.15, 0.2) is 0 Å². The summed E-state index contributed by atoms with van der Waals surface area (Å²) in [4.78, 5) is 1.45. The van der Waals surface area contributed by atoms with Crippen LogP contribution in [0, 0.1) is 0 Å². The SMILES string of the molecule is Brc1ccc(C2(Cc3cc(Br)cs3)CNC2)cc1. The minimum Gasteiger partial charge on any atom is -0.315 e. The first-order valence-corrected chi connectivity index (χ1v) is 8.34. The van der Waals surface area contributed by atoms with Crippen LogP contribution in [0.25, 0.3) is 0 Å². The summed E-state index contributed by atoms with van der Waals surface area (Å²) in [5, 5.41) is 5.59. The molecule has 0 saturated carbocycles. The molecule has 0 aliphatic carbocycles. The van der Waals surface area contributed by atoms with Gasteiger partial charge in [0.2, 0.25) is 0 Å². The maximum atomic E-state index is 3.53. The second kappa shape index (κ2) is 5.08. The molecule has 2 aromatic rings. The number of benzene rings is 1. The number of nitrogens with one attached hydrogen (secondary N) is 1. The van der Waals surface area contributed by atoms with Crippen LogP contribution in [-0.4, -0.2) is 13.1 Å². The molecule has 2 heterocycles. The molecule has 1 aromatic heterocycles. The van der Waals surface area contributed by atoms with Crippen molar-refractivity contribution in [3.05, 3.63) is 55.1 Å². The van der Waals surface area contributed by atoms with Gasteiger partial charge in [-0.05, 0) is 46.1 Å². The van der Waals surface area contributed by atoms with Crippen molar-refractivity contribution in [3.8, 4) is 0 Å². The van der Waals surface area contributed by atoms with Crippen molar-refractivity contribution in [2.45, 2.75) is 11.8 Å². The Morgan fingerprint density at radius 1 is 1.11 bits per heavy atom. The molecule has 0 unspecified atom stereocenters. The zero-order chi connectivity index (χ0) is 12.6. The molecule has 0 radical (unpaired) electrons. The van der Waals surface area contributed by atoms with Crippen LogP contribution in [0.5, 0.6) is 0 Å². The van der Waals surface area contributed by atoms with Crippen molar-refractivity contribution in [3.63, 3.8) is 0 Å². The Bertz CT molecular complexity index is 543. The summed E-state index contributed by atoms with van der Waals surface area (Å²) >= 11 is 8.88. The van der Waals surface area contributed by atoms with Crippen molar-refractivity contribution in [1.29, 1.82) is 0 Å². The summed E-state index contributed by atoms with van der Waals surface area (Å²) in [6.45, 7) is 2.15. The van der Waals surface area contributed by atoms with Gasteiger partial charge in [0, 0.05) is 37.7 Å². The van der Waals surface area contributed by atoms with E-state index in [1.807, 2.05) is 11.3 Å². The molecule has 4 heteroatoms. The van der Waals surface area contributed by atoms with E-state index in [0.29, 0.717) is 0 Å². The van der Waals surface area contributed by atoms with E-state index in [-0.39, 0.29) is 5.41 Å². The van der Waals surface area contributed by atoms with Gasteiger partial charge in [-0.15, -0.1) is 11.3 Å². The summed E-state index contributed by atoms with van der Waals surface area (Å²) in [6, 6.07) is 11.0. The lowest BCUT2D eigenvalue weighted by Gasteiger charge is -2.43. The van der Waals surface area contributed by atoms with E-state index >= 15 is 0 Å². The van der Waals surface area contributed by atoms with E-state index in [9.17, 15) is 0 Å². The lowest BCUT2D eigenvalue weighted by Crippen LogP contribution is -2.58. The monoisotopic (exact) mass is 385 g/mol. The molecular formula is C14H13Br2NS. The molecule has 1 nitrogen and oxygen atoms in total. The van der Waals surface area contributed by atoms with Crippen LogP contribution in [0.4, 0.5) is 0 Å². The molecule has 1 fully saturated rings. The fourth-order valence-corrected chi connectivity index (χ4v) is 4.30. The Balaban J connectivity index is 1.88. The van der Waals surface area contributed by atoms with Gasteiger partial charge in [-0.2, -0.15) is 0 Å². The van der Waals surface area contributed by atoms with E-state index in [0.717, 1.165) is 24.0 Å². The summed E-state index contributed by atoms with van der Waals surface area (Å²) in [5.74, 6) is 0. The first-order valence-electron chi connectivity index (χ1n) is 5.88. The second-order valence-electron chi connectivity index (χ2n) is 4.80. The van der Waals surface area contributed by atoms with Crippen molar-refractivity contribution in [2.24, 2.45) is 0 Å². The molecule has 1 aliphatic heterocycles. The predicted octanol–water partition coefficient (Wildman–Crippen LogP) is 4.36. The highest BCUT2D eigenvalue weighted by molar-refractivity contribution is 9.10. The smallest absolute Gasteiger partial charge is 0.0285 e. The molecule has 1 aliphatic rings. The largest absolute Gasteiger partial charge is 0.315 e. The van der Waals surface area contributed by atoms with E-state index in [4.69, 9.17) is 0 Å². The van der Waals surface area contributed by atoms with Gasteiger partial charge < -0.3 is 5.32 Å². The molecule has 1 saturated heterocycles. The van der Waals surface area contributed by atoms with E-state index < -0.39 is 0 Å². The van der Waals surface area contributed by atoms with Crippen LogP contribution in [-0.2, 0) is 11.8 Å². The highest BCUT2D eigenvalue weighted by atomic mass is 79.9. The van der Waals surface area contributed by atoms with E-state index in [1.54, 1.807) is 0 Å². The maximum absolute atomic E-state index is 3.53. The maximum Gasteiger partial charge on any atom is 0.0285 e. The van der Waals surface area contributed by atoms with Crippen LogP contribution < -0.4 is 5.32 Å². The third-order valence-electron chi connectivity index (χ3n) is 3.52. The number of hydrogen-bond acceptors (Lipinski definition) is 2. The number of halogens is 2. The fraction of sp³-hybridized carbons (Fsp3) is 0.286. The molecule has 0 spiro atoms. The highest BCUT2D eigenvalue weighted by Gasteiger charge is 2.38. The zero-order valence-corrected chi connectivity index (χ0v) is 13.7. The third kappa shape index (κ3) is 2.44. The normalized spacial score (nSPS) is 17.4. The van der Waals surface area contributed by atoms with Crippen molar-refractivity contribution < 1.29 is 0 Å². The fourth-order valence-electron chi connectivity index (χ4n) is 2.44. The van der Waals surface area contributed by atoms with Crippen LogP contribution in [0.2, 0.25) is 0 Å². The molecule has 3 rings (SSSR count). The quantitative estimate of drug-likeness (QED) is 0.826. The molecule has 18 heavy (non-hydrogen) atoms. The first-order chi connectivity index (χ1) is 8.68. The third-order valence-corrected chi connectivity index (χ3v) is 5.74. The Morgan fingerprint density at radius 3 is 2.33 bits per heavy atom. The minimum absolute atomic E-state index is 0.283. The van der Waals surface area contributed by atoms with E-state index in [1.165, 1.54) is 14.9 Å². The lowest BCUT2D eigenvalue weighted by molar-refractivity contribution is 0.276. The Labute approximate surface area is 128 Å². The predicted molar refractivity (Wildman–Crippen MR) is 84.4 cm³/mol. The summed E-state index contributed by atoms with van der Waals surface area (Å²) in [5.41, 5.74) is 1.72. The van der Waals surface area contributed by atoms with Gasteiger partial charge in [0.25, 0.3) is 0 Å². The zero-order valence-electron chi connectivity index (χ0n) is 9.75. The standard InChI is InChI=1S/C14H13Br2NS/c15-11-3-1-10(2-4-11)14(8-17-9-14)6-13-5-12(16)7-18-13/h1-5,7,17H,6,8-9H2. The molecule has 1 aromatic carbocycles. The Hall–Kier alpha value is -0.160. The van der Waals surface area contributed by atoms with Crippen LogP contribution >= 0.6 is 43.2 Å². The molecule has 94 valence electrons. The lowest BCUT2D eigenvalue weighted by atomic mass is 9.72. The van der Waals surface area contributed by atoms with Gasteiger partial charge in [-0.1, -0.05) is 28.1 Å². The topological polar surface area (TPSA) is 12.0 Å². The molecule has 0 bridgehead atoms. The Morgan fingerprint density at radius 2 is 1.83 bits per heavy atom. The van der Waals surface area contributed by atoms with Crippen LogP contribution in [0.1, 0.15) is 10.4 Å². The molecule has 0 atom stereocenters. The number of hydrogen-bond donors (Lipinski definition) is 1. The van der Waals surface area contributed by atoms with Crippen molar-refractivity contribution >= 4 is 43.2 Å². The van der Waals surface area contributed by atoms with Gasteiger partial charge >= 0.3 is 0 Å². The van der Waals surface area contributed by atoms with Crippen molar-refractivity contribution in [2.75, 3.05) is 13.1 Å². The molecule has 0 amide bonds. The highest BCUT2D eigenvalue weighted by Crippen LogP contribution is 2.35. The average Bonchev–Trinajstić information content (AvgIpc) is 2.71. The Kier molecular flexibility index (Phi) is 3.63. The van der Waals surface area contributed by atoms with Crippen LogP contribution in [0.15, 0.2) is 44.7 Å². The summed E-state index contributed by atoms with van der Waals surface area (Å²) in [6.07, 6.45) is 1.12.